The van der Waals surface area contributed by atoms with E-state index in [1.54, 1.807) is 0 Å². The summed E-state index contributed by atoms with van der Waals surface area (Å²) < 4.78 is 83.9. The molecule has 31 heavy (non-hydrogen) atoms. The van der Waals surface area contributed by atoms with E-state index in [2.05, 4.69) is 12.6 Å². The quantitative estimate of drug-likeness (QED) is 0.0723. The summed E-state index contributed by atoms with van der Waals surface area (Å²) in [5.74, 6) is -10.6. The van der Waals surface area contributed by atoms with E-state index >= 15 is 0 Å². The molecule has 0 fully saturated rings. The fourth-order valence-corrected chi connectivity index (χ4v) is 3.82. The smallest absolute Gasteiger partial charge is 0.295 e. The maximum atomic E-state index is 13.7. The molecule has 1 aromatic rings. The molecule has 1 unspecified atom stereocenters. The summed E-state index contributed by atoms with van der Waals surface area (Å²) in [4.78, 5) is 0. The third kappa shape index (κ3) is 7.87. The number of halogens is 5. The van der Waals surface area contributed by atoms with Gasteiger partial charge in [-0.2, -0.15) is 12.6 Å². The Hall–Kier alpha value is -0.900. The molecule has 1 atom stereocenters. The molecular formula is C22H33F5O3S. The summed E-state index contributed by atoms with van der Waals surface area (Å²) in [6, 6.07) is 0. The van der Waals surface area contributed by atoms with Crippen LogP contribution in [0.2, 0.25) is 0 Å². The van der Waals surface area contributed by atoms with Crippen LogP contribution in [-0.2, 0) is 20.6 Å². The van der Waals surface area contributed by atoms with Crippen molar-refractivity contribution >= 4 is 12.6 Å². The normalized spacial score (nSPS) is 13.1. The number of hydrogen-bond donors (Lipinski definition) is 1. The zero-order valence-corrected chi connectivity index (χ0v) is 19.3. The first-order valence-corrected chi connectivity index (χ1v) is 11.4. The number of hydrogen-bond acceptors (Lipinski definition) is 4. The summed E-state index contributed by atoms with van der Waals surface area (Å²) in [6.45, 7) is 6.87. The molecule has 180 valence electrons. The minimum absolute atomic E-state index is 0.190. The molecule has 1 aromatic carbocycles. The van der Waals surface area contributed by atoms with E-state index in [-0.39, 0.29) is 11.7 Å². The second-order valence-corrected chi connectivity index (χ2v) is 7.75. The molecule has 0 heterocycles. The zero-order chi connectivity index (χ0) is 23.4. The third-order valence-electron chi connectivity index (χ3n) is 4.90. The Morgan fingerprint density at radius 3 is 1.48 bits per heavy atom. The molecule has 9 heteroatoms. The number of ether oxygens (including phenoxy) is 3. The fourth-order valence-electron chi connectivity index (χ4n) is 3.41. The van der Waals surface area contributed by atoms with E-state index in [0.29, 0.717) is 39.1 Å². The van der Waals surface area contributed by atoms with E-state index < -0.39 is 40.6 Å². The lowest BCUT2D eigenvalue weighted by molar-refractivity contribution is -0.376. The van der Waals surface area contributed by atoms with Gasteiger partial charge in [-0.3, -0.25) is 0 Å². The second-order valence-electron chi connectivity index (χ2n) is 7.13. The summed E-state index contributed by atoms with van der Waals surface area (Å²) >= 11 is 4.62. The molecule has 0 amide bonds. The molecule has 3 nitrogen and oxygen atoms in total. The number of unbranched alkanes of at least 4 members (excludes halogenated alkanes) is 5. The van der Waals surface area contributed by atoms with Gasteiger partial charge in [-0.15, -0.1) is 0 Å². The molecule has 0 saturated heterocycles. The van der Waals surface area contributed by atoms with Crippen LogP contribution < -0.4 is 0 Å². The van der Waals surface area contributed by atoms with Gasteiger partial charge < -0.3 is 14.2 Å². The van der Waals surface area contributed by atoms with Crippen molar-refractivity contribution in [2.24, 2.45) is 0 Å². The average Bonchev–Trinajstić information content (AvgIpc) is 2.75. The first kappa shape index (κ1) is 28.1. The molecule has 0 aromatic heterocycles. The van der Waals surface area contributed by atoms with E-state index in [1.165, 1.54) is 0 Å². The van der Waals surface area contributed by atoms with Crippen LogP contribution in [0.4, 0.5) is 22.0 Å². The van der Waals surface area contributed by atoms with Crippen molar-refractivity contribution in [1.29, 1.82) is 0 Å². The molecule has 0 radical (unpaired) electrons. The fraction of sp³-hybridized carbons (Fsp3) is 0.727. The van der Waals surface area contributed by atoms with Crippen LogP contribution in [0.5, 0.6) is 0 Å². The number of thiol groups is 1. The van der Waals surface area contributed by atoms with E-state index in [4.69, 9.17) is 14.2 Å². The van der Waals surface area contributed by atoms with Crippen LogP contribution in [0.15, 0.2) is 0 Å². The van der Waals surface area contributed by atoms with Crippen molar-refractivity contribution in [2.45, 2.75) is 83.4 Å². The standard InChI is InChI=1S/C22H33F5O3S/c1-4-28-22(29-5-2,30-6-3)16(31)14-12-10-8-7-9-11-13-15-17(23)19(25)21(27)20(26)18(15)24/h16,31H,4-14H2,1-3H3. The molecule has 0 spiro atoms. The molecule has 0 saturated carbocycles. The highest BCUT2D eigenvalue weighted by molar-refractivity contribution is 7.81. The third-order valence-corrected chi connectivity index (χ3v) is 5.47. The van der Waals surface area contributed by atoms with Gasteiger partial charge in [-0.05, 0) is 40.0 Å². The van der Waals surface area contributed by atoms with Gasteiger partial charge in [0.15, 0.2) is 23.3 Å². The topological polar surface area (TPSA) is 27.7 Å². The monoisotopic (exact) mass is 472 g/mol. The summed E-state index contributed by atoms with van der Waals surface area (Å²) in [6.07, 6.45) is 4.93. The lowest BCUT2D eigenvalue weighted by atomic mass is 10.0. The van der Waals surface area contributed by atoms with Crippen molar-refractivity contribution in [2.75, 3.05) is 19.8 Å². The van der Waals surface area contributed by atoms with E-state index in [0.717, 1.165) is 25.7 Å². The Morgan fingerprint density at radius 1 is 0.645 bits per heavy atom. The molecule has 1 rings (SSSR count). The lowest BCUT2D eigenvalue weighted by Gasteiger charge is -2.36. The maximum absolute atomic E-state index is 13.7. The molecular weight excluding hydrogens is 439 g/mol. The average molecular weight is 473 g/mol. The van der Waals surface area contributed by atoms with Crippen molar-refractivity contribution in [3.05, 3.63) is 34.6 Å². The first-order chi connectivity index (χ1) is 14.8. The van der Waals surface area contributed by atoms with E-state index in [9.17, 15) is 22.0 Å². The molecule has 0 N–H and O–H groups in total. The van der Waals surface area contributed by atoms with Crippen LogP contribution >= 0.6 is 12.6 Å². The van der Waals surface area contributed by atoms with E-state index in [1.807, 2.05) is 20.8 Å². The molecule has 0 aliphatic rings. The largest absolute Gasteiger partial charge is 0.327 e. The van der Waals surface area contributed by atoms with Gasteiger partial charge in [-0.1, -0.05) is 32.1 Å². The van der Waals surface area contributed by atoms with Crippen molar-refractivity contribution in [3.8, 4) is 0 Å². The predicted molar refractivity (Wildman–Crippen MR) is 113 cm³/mol. The maximum Gasteiger partial charge on any atom is 0.295 e. The summed E-state index contributed by atoms with van der Waals surface area (Å²) in [5, 5.41) is -0.262. The van der Waals surface area contributed by atoms with Crippen molar-refractivity contribution in [1.82, 2.24) is 0 Å². The van der Waals surface area contributed by atoms with Crippen LogP contribution in [0.1, 0.15) is 71.3 Å². The van der Waals surface area contributed by atoms with Gasteiger partial charge >= 0.3 is 0 Å². The highest BCUT2D eigenvalue weighted by atomic mass is 32.1. The SMILES string of the molecule is CCOC(OCC)(OCC)C(S)CCCCCCCCc1c(F)c(F)c(F)c(F)c1F. The highest BCUT2D eigenvalue weighted by Gasteiger charge is 2.39. The van der Waals surface area contributed by atoms with Crippen molar-refractivity contribution < 1.29 is 36.2 Å². The Bertz CT molecular complexity index is 629. The van der Waals surface area contributed by atoms with Crippen LogP contribution in [0.3, 0.4) is 0 Å². The summed E-state index contributed by atoms with van der Waals surface area (Å²) in [7, 11) is 0. The van der Waals surface area contributed by atoms with Crippen molar-refractivity contribution in [3.63, 3.8) is 0 Å². The minimum atomic E-state index is -2.12. The van der Waals surface area contributed by atoms with Gasteiger partial charge in [-0.25, -0.2) is 22.0 Å². The highest BCUT2D eigenvalue weighted by Crippen LogP contribution is 2.29. The van der Waals surface area contributed by atoms with Crippen LogP contribution in [0, 0.1) is 29.1 Å². The minimum Gasteiger partial charge on any atom is -0.327 e. The van der Waals surface area contributed by atoms with Crippen LogP contribution in [0.25, 0.3) is 0 Å². The Labute approximate surface area is 187 Å². The number of rotatable bonds is 16. The Morgan fingerprint density at radius 2 is 1.03 bits per heavy atom. The van der Waals surface area contributed by atoms with Gasteiger partial charge in [0, 0.05) is 25.4 Å². The molecule has 0 bridgehead atoms. The second kappa shape index (κ2) is 14.3. The summed E-state index contributed by atoms with van der Waals surface area (Å²) in [5.41, 5.74) is -0.742. The Balaban J connectivity index is 2.37. The molecule has 0 aliphatic carbocycles. The van der Waals surface area contributed by atoms with Gasteiger partial charge in [0.25, 0.3) is 5.97 Å². The van der Waals surface area contributed by atoms with Gasteiger partial charge in [0.1, 0.15) is 0 Å². The number of benzene rings is 1. The van der Waals surface area contributed by atoms with Gasteiger partial charge in [0.05, 0.1) is 5.25 Å². The Kier molecular flexibility index (Phi) is 13.0. The van der Waals surface area contributed by atoms with Crippen LogP contribution in [-0.4, -0.2) is 31.0 Å². The molecule has 0 aliphatic heterocycles. The zero-order valence-electron chi connectivity index (χ0n) is 18.4. The van der Waals surface area contributed by atoms with Gasteiger partial charge in [0.2, 0.25) is 5.82 Å². The predicted octanol–water partition coefficient (Wildman–Crippen LogP) is 6.72. The lowest BCUT2D eigenvalue weighted by Crippen LogP contribution is -2.47. The first-order valence-electron chi connectivity index (χ1n) is 10.9.